The standard InChI is InChI=1S/C28H23NO8/c1-36-23-9-14(3-5-20(23)31)7-8-29-27(34)18-10-16-12-24(37-2)22(33)13-17(16)25(26(18)28(29)35)15-4-6-19(30)21(32)11-15/h3-6,9-13,30-33H,7-8H2,1-2H3. The highest BCUT2D eigenvalue weighted by atomic mass is 16.5. The molecule has 0 aliphatic carbocycles. The number of phenols is 4. The Bertz CT molecular complexity index is 1590. The minimum Gasteiger partial charge on any atom is -0.504 e. The summed E-state index contributed by atoms with van der Waals surface area (Å²) < 4.78 is 10.4. The van der Waals surface area contributed by atoms with E-state index in [0.717, 1.165) is 10.5 Å². The monoisotopic (exact) mass is 501 g/mol. The highest BCUT2D eigenvalue weighted by molar-refractivity contribution is 6.27. The molecule has 0 atom stereocenters. The molecule has 188 valence electrons. The number of methoxy groups -OCH3 is 2. The molecule has 4 N–H and O–H groups in total. The van der Waals surface area contributed by atoms with E-state index < -0.39 is 17.6 Å². The van der Waals surface area contributed by atoms with Crippen molar-refractivity contribution in [3.63, 3.8) is 0 Å². The van der Waals surface area contributed by atoms with Crippen molar-refractivity contribution in [3.8, 4) is 45.6 Å². The minimum absolute atomic E-state index is 0.0147. The topological polar surface area (TPSA) is 137 Å². The van der Waals surface area contributed by atoms with Crippen LogP contribution in [0.15, 0.2) is 54.6 Å². The SMILES string of the molecule is COc1cc(CCN2C(=O)c3cc4cc(OC)c(O)cc4c(-c4ccc(O)c(O)c4)c3C2=O)ccc1O. The normalized spacial score (nSPS) is 12.8. The largest absolute Gasteiger partial charge is 0.504 e. The molecule has 0 aromatic heterocycles. The van der Waals surface area contributed by atoms with Crippen LogP contribution < -0.4 is 9.47 Å². The zero-order valence-corrected chi connectivity index (χ0v) is 20.0. The van der Waals surface area contributed by atoms with E-state index >= 15 is 0 Å². The molecule has 5 rings (SSSR count). The summed E-state index contributed by atoms with van der Waals surface area (Å²) in [5, 5.41) is 41.3. The molecule has 1 heterocycles. The number of ether oxygens (including phenoxy) is 2. The Hall–Kier alpha value is -4.92. The number of hydrogen-bond acceptors (Lipinski definition) is 8. The van der Waals surface area contributed by atoms with Gasteiger partial charge in [0.25, 0.3) is 11.8 Å². The smallest absolute Gasteiger partial charge is 0.262 e. The molecule has 1 aliphatic heterocycles. The summed E-state index contributed by atoms with van der Waals surface area (Å²) in [4.78, 5) is 28.2. The van der Waals surface area contributed by atoms with Gasteiger partial charge in [-0.25, -0.2) is 0 Å². The molecule has 0 unspecified atom stereocenters. The molecule has 9 heteroatoms. The van der Waals surface area contributed by atoms with Gasteiger partial charge in [0, 0.05) is 12.1 Å². The Morgan fingerprint density at radius 1 is 0.703 bits per heavy atom. The number of fused-ring (bicyclic) bond motifs is 2. The number of benzene rings is 4. The number of rotatable bonds is 6. The number of phenolic OH excluding ortho intramolecular Hbond substituents is 4. The first-order valence-corrected chi connectivity index (χ1v) is 11.4. The fourth-order valence-electron chi connectivity index (χ4n) is 4.64. The minimum atomic E-state index is -0.523. The van der Waals surface area contributed by atoms with Gasteiger partial charge in [-0.3, -0.25) is 14.5 Å². The zero-order valence-electron chi connectivity index (χ0n) is 20.0. The molecule has 0 radical (unpaired) electrons. The molecule has 37 heavy (non-hydrogen) atoms. The van der Waals surface area contributed by atoms with Gasteiger partial charge in [-0.1, -0.05) is 12.1 Å². The number of hydrogen-bond donors (Lipinski definition) is 4. The molecule has 0 saturated heterocycles. The number of aromatic hydroxyl groups is 4. The van der Waals surface area contributed by atoms with Crippen LogP contribution in [0.1, 0.15) is 26.3 Å². The van der Waals surface area contributed by atoms with Gasteiger partial charge >= 0.3 is 0 Å². The van der Waals surface area contributed by atoms with Crippen molar-refractivity contribution in [2.75, 3.05) is 20.8 Å². The van der Waals surface area contributed by atoms with Crippen molar-refractivity contribution in [2.24, 2.45) is 0 Å². The van der Waals surface area contributed by atoms with E-state index in [9.17, 15) is 30.0 Å². The maximum Gasteiger partial charge on any atom is 0.262 e. The molecular weight excluding hydrogens is 478 g/mol. The Balaban J connectivity index is 1.63. The first-order chi connectivity index (χ1) is 17.7. The van der Waals surface area contributed by atoms with Crippen LogP contribution in [-0.2, 0) is 6.42 Å². The quantitative estimate of drug-likeness (QED) is 0.228. The fourth-order valence-corrected chi connectivity index (χ4v) is 4.64. The third-order valence-electron chi connectivity index (χ3n) is 6.51. The predicted octanol–water partition coefficient (Wildman–Crippen LogP) is 4.19. The third-order valence-corrected chi connectivity index (χ3v) is 6.51. The van der Waals surface area contributed by atoms with Gasteiger partial charge in [0.2, 0.25) is 0 Å². The summed E-state index contributed by atoms with van der Waals surface area (Å²) in [7, 11) is 2.84. The molecule has 0 fully saturated rings. The summed E-state index contributed by atoms with van der Waals surface area (Å²) in [5.74, 6) is -1.42. The van der Waals surface area contributed by atoms with E-state index in [1.165, 1.54) is 44.6 Å². The fraction of sp³-hybridized carbons (Fsp3) is 0.143. The summed E-state index contributed by atoms with van der Waals surface area (Å²) in [6.45, 7) is 0.0749. The summed E-state index contributed by atoms with van der Waals surface area (Å²) in [6, 6.07) is 13.5. The van der Waals surface area contributed by atoms with Crippen molar-refractivity contribution in [3.05, 3.63) is 71.3 Å². The molecule has 9 nitrogen and oxygen atoms in total. The zero-order chi connectivity index (χ0) is 26.4. The van der Waals surface area contributed by atoms with E-state index in [4.69, 9.17) is 9.47 Å². The molecule has 2 amide bonds. The maximum atomic E-state index is 13.6. The third kappa shape index (κ3) is 3.90. The summed E-state index contributed by atoms with van der Waals surface area (Å²) in [5.41, 5.74) is 1.79. The highest BCUT2D eigenvalue weighted by Gasteiger charge is 2.38. The van der Waals surface area contributed by atoms with Crippen LogP contribution in [-0.4, -0.2) is 57.9 Å². The van der Waals surface area contributed by atoms with Crippen LogP contribution in [0.5, 0.6) is 34.5 Å². The van der Waals surface area contributed by atoms with Crippen molar-refractivity contribution in [1.29, 1.82) is 0 Å². The number of amides is 2. The Labute approximate surface area is 211 Å². The lowest BCUT2D eigenvalue weighted by atomic mass is 9.90. The van der Waals surface area contributed by atoms with E-state index in [1.807, 2.05) is 0 Å². The Morgan fingerprint density at radius 2 is 1.41 bits per heavy atom. The van der Waals surface area contributed by atoms with Gasteiger partial charge in [-0.15, -0.1) is 0 Å². The van der Waals surface area contributed by atoms with Crippen molar-refractivity contribution in [2.45, 2.75) is 6.42 Å². The first kappa shape index (κ1) is 23.8. The molecule has 4 aromatic carbocycles. The average Bonchev–Trinajstić information content (AvgIpc) is 3.12. The molecule has 4 aromatic rings. The second kappa shape index (κ2) is 8.94. The van der Waals surface area contributed by atoms with Gasteiger partial charge in [0.15, 0.2) is 34.5 Å². The molecule has 0 saturated carbocycles. The van der Waals surface area contributed by atoms with E-state index in [2.05, 4.69) is 0 Å². The lowest BCUT2D eigenvalue weighted by Crippen LogP contribution is -2.31. The Morgan fingerprint density at radius 3 is 2.11 bits per heavy atom. The van der Waals surface area contributed by atoms with Gasteiger partial charge in [-0.05, 0) is 70.8 Å². The van der Waals surface area contributed by atoms with Gasteiger partial charge < -0.3 is 29.9 Å². The molecular formula is C28H23NO8. The molecule has 0 bridgehead atoms. The molecule has 1 aliphatic rings. The van der Waals surface area contributed by atoms with E-state index in [1.54, 1.807) is 24.3 Å². The van der Waals surface area contributed by atoms with Crippen LogP contribution in [0, 0.1) is 0 Å². The summed E-state index contributed by atoms with van der Waals surface area (Å²) in [6.07, 6.45) is 0.325. The van der Waals surface area contributed by atoms with Gasteiger partial charge in [0.05, 0.1) is 25.3 Å². The van der Waals surface area contributed by atoms with Crippen LogP contribution >= 0.6 is 0 Å². The number of nitrogens with zero attached hydrogens (tertiary/aromatic N) is 1. The summed E-state index contributed by atoms with van der Waals surface area (Å²) >= 11 is 0. The Kier molecular flexibility index (Phi) is 5.75. The number of carbonyl (C=O) groups is 2. The van der Waals surface area contributed by atoms with E-state index in [-0.39, 0.29) is 46.4 Å². The predicted molar refractivity (Wildman–Crippen MR) is 135 cm³/mol. The number of imide groups is 1. The van der Waals surface area contributed by atoms with Crippen LogP contribution in [0.3, 0.4) is 0 Å². The van der Waals surface area contributed by atoms with E-state index in [0.29, 0.717) is 28.3 Å². The average molecular weight is 501 g/mol. The van der Waals surface area contributed by atoms with Crippen LogP contribution in [0.2, 0.25) is 0 Å². The number of carbonyl (C=O) groups excluding carboxylic acids is 2. The first-order valence-electron chi connectivity index (χ1n) is 11.4. The molecule has 0 spiro atoms. The lowest BCUT2D eigenvalue weighted by molar-refractivity contribution is 0.0656. The maximum absolute atomic E-state index is 13.6. The van der Waals surface area contributed by atoms with Crippen molar-refractivity contribution in [1.82, 2.24) is 4.90 Å². The van der Waals surface area contributed by atoms with Crippen molar-refractivity contribution < 1.29 is 39.5 Å². The second-order valence-corrected chi connectivity index (χ2v) is 8.64. The van der Waals surface area contributed by atoms with Crippen LogP contribution in [0.25, 0.3) is 21.9 Å². The highest BCUT2D eigenvalue weighted by Crippen LogP contribution is 2.44. The van der Waals surface area contributed by atoms with Gasteiger partial charge in [-0.2, -0.15) is 0 Å². The van der Waals surface area contributed by atoms with Crippen LogP contribution in [0.4, 0.5) is 0 Å². The van der Waals surface area contributed by atoms with Gasteiger partial charge in [0.1, 0.15) is 0 Å². The van der Waals surface area contributed by atoms with Crippen molar-refractivity contribution >= 4 is 22.6 Å². The second-order valence-electron chi connectivity index (χ2n) is 8.64. The lowest BCUT2D eigenvalue weighted by Gasteiger charge is -2.15.